The normalized spacial score (nSPS) is 17.3. The molecule has 0 aliphatic carbocycles. The van der Waals surface area contributed by atoms with Crippen LogP contribution in [0.15, 0.2) is 42.6 Å². The third-order valence-corrected chi connectivity index (χ3v) is 4.20. The molecule has 1 atom stereocenters. The molecule has 1 unspecified atom stereocenters. The molecule has 1 N–H and O–H groups in total. The molecule has 6 heteroatoms. The molecule has 0 bridgehead atoms. The Balaban J connectivity index is 1.82. The lowest BCUT2D eigenvalue weighted by atomic mass is 10.0. The topological polar surface area (TPSA) is 70.5 Å². The van der Waals surface area contributed by atoms with Crippen LogP contribution in [0.3, 0.4) is 0 Å². The number of rotatable bonds is 3. The number of carbonyl (C=O) groups is 2. The van der Waals surface area contributed by atoms with E-state index in [1.807, 2.05) is 18.2 Å². The van der Waals surface area contributed by atoms with Gasteiger partial charge in [-0.1, -0.05) is 23.7 Å². The molecule has 2 heterocycles. The summed E-state index contributed by atoms with van der Waals surface area (Å²) < 4.78 is 0. The zero-order chi connectivity index (χ0) is 16.4. The first-order valence-electron chi connectivity index (χ1n) is 7.32. The van der Waals surface area contributed by atoms with Crippen molar-refractivity contribution in [3.05, 3.63) is 53.3 Å². The van der Waals surface area contributed by atoms with Gasteiger partial charge in [0.05, 0.1) is 0 Å². The third-order valence-electron chi connectivity index (χ3n) is 3.99. The Hall–Kier alpha value is -2.40. The van der Waals surface area contributed by atoms with Gasteiger partial charge in [-0.05, 0) is 48.2 Å². The fraction of sp³-hybridized carbons (Fsp3) is 0.235. The SMILES string of the molecule is O=C(O)C1CCCN1C(=O)c1ccc(-c2ccnc(Cl)c2)cc1. The molecular weight excluding hydrogens is 316 g/mol. The summed E-state index contributed by atoms with van der Waals surface area (Å²) in [6, 6.07) is 9.94. The number of carbonyl (C=O) groups excluding carboxylic acids is 1. The maximum Gasteiger partial charge on any atom is 0.326 e. The lowest BCUT2D eigenvalue weighted by Crippen LogP contribution is -2.40. The number of hydrogen-bond donors (Lipinski definition) is 1. The average molecular weight is 331 g/mol. The van der Waals surface area contributed by atoms with Crippen LogP contribution in [0.25, 0.3) is 11.1 Å². The molecular formula is C17H15ClN2O3. The van der Waals surface area contributed by atoms with Crippen molar-refractivity contribution in [1.29, 1.82) is 0 Å². The Morgan fingerprint density at radius 1 is 1.17 bits per heavy atom. The molecule has 1 aromatic heterocycles. The van der Waals surface area contributed by atoms with E-state index in [4.69, 9.17) is 11.6 Å². The fourth-order valence-electron chi connectivity index (χ4n) is 2.82. The monoisotopic (exact) mass is 330 g/mol. The van der Waals surface area contributed by atoms with Crippen LogP contribution >= 0.6 is 11.6 Å². The number of carboxylic acid groups (broad SMARTS) is 1. The summed E-state index contributed by atoms with van der Waals surface area (Å²) >= 11 is 5.88. The third kappa shape index (κ3) is 3.19. The number of pyridine rings is 1. The highest BCUT2D eigenvalue weighted by Crippen LogP contribution is 2.24. The van der Waals surface area contributed by atoms with E-state index < -0.39 is 12.0 Å². The summed E-state index contributed by atoms with van der Waals surface area (Å²) in [6.07, 6.45) is 2.85. The molecule has 0 radical (unpaired) electrons. The number of carboxylic acids is 1. The molecule has 0 saturated carbocycles. The average Bonchev–Trinajstić information content (AvgIpc) is 3.04. The zero-order valence-corrected chi connectivity index (χ0v) is 13.0. The van der Waals surface area contributed by atoms with Crippen LogP contribution in [-0.2, 0) is 4.79 Å². The predicted molar refractivity (Wildman–Crippen MR) is 86.4 cm³/mol. The number of halogens is 1. The van der Waals surface area contributed by atoms with Gasteiger partial charge in [0.25, 0.3) is 5.91 Å². The highest BCUT2D eigenvalue weighted by molar-refractivity contribution is 6.29. The van der Waals surface area contributed by atoms with Crippen LogP contribution in [-0.4, -0.2) is 39.5 Å². The maximum absolute atomic E-state index is 12.5. The summed E-state index contributed by atoms with van der Waals surface area (Å²) in [7, 11) is 0. The molecule has 1 aromatic carbocycles. The molecule has 1 fully saturated rings. The Morgan fingerprint density at radius 3 is 2.57 bits per heavy atom. The second-order valence-electron chi connectivity index (χ2n) is 5.44. The van der Waals surface area contributed by atoms with Crippen molar-refractivity contribution in [3.8, 4) is 11.1 Å². The molecule has 0 spiro atoms. The molecule has 3 rings (SSSR count). The number of benzene rings is 1. The number of likely N-dealkylation sites (tertiary alicyclic amines) is 1. The second-order valence-corrected chi connectivity index (χ2v) is 5.83. The summed E-state index contributed by atoms with van der Waals surface area (Å²) in [5, 5.41) is 9.59. The smallest absolute Gasteiger partial charge is 0.326 e. The lowest BCUT2D eigenvalue weighted by Gasteiger charge is -2.21. The Labute approximate surface area is 138 Å². The predicted octanol–water partition coefficient (Wildman–Crippen LogP) is 3.09. The van der Waals surface area contributed by atoms with Crippen LogP contribution < -0.4 is 0 Å². The van der Waals surface area contributed by atoms with E-state index in [0.717, 1.165) is 17.5 Å². The van der Waals surface area contributed by atoms with Gasteiger partial charge in [-0.2, -0.15) is 0 Å². The van der Waals surface area contributed by atoms with E-state index in [9.17, 15) is 14.7 Å². The number of hydrogen-bond acceptors (Lipinski definition) is 3. The van der Waals surface area contributed by atoms with E-state index in [2.05, 4.69) is 4.98 Å². The van der Waals surface area contributed by atoms with Crippen molar-refractivity contribution in [1.82, 2.24) is 9.88 Å². The molecule has 1 amide bonds. The minimum atomic E-state index is -0.945. The lowest BCUT2D eigenvalue weighted by molar-refractivity contribution is -0.141. The van der Waals surface area contributed by atoms with Gasteiger partial charge >= 0.3 is 5.97 Å². The fourth-order valence-corrected chi connectivity index (χ4v) is 2.99. The summed E-state index contributed by atoms with van der Waals surface area (Å²) in [6.45, 7) is 0.484. The maximum atomic E-state index is 12.5. The highest BCUT2D eigenvalue weighted by Gasteiger charge is 2.34. The summed E-state index contributed by atoms with van der Waals surface area (Å²) in [5.41, 5.74) is 2.32. The molecule has 23 heavy (non-hydrogen) atoms. The van der Waals surface area contributed by atoms with Crippen LogP contribution in [0.1, 0.15) is 23.2 Å². The van der Waals surface area contributed by atoms with Crippen LogP contribution in [0.5, 0.6) is 0 Å². The van der Waals surface area contributed by atoms with E-state index in [-0.39, 0.29) is 5.91 Å². The number of nitrogens with zero attached hydrogens (tertiary/aromatic N) is 2. The minimum Gasteiger partial charge on any atom is -0.480 e. The first kappa shape index (κ1) is 15.5. The van der Waals surface area contributed by atoms with Crippen molar-refractivity contribution in [3.63, 3.8) is 0 Å². The molecule has 2 aromatic rings. The van der Waals surface area contributed by atoms with Gasteiger partial charge in [0.15, 0.2) is 0 Å². The van der Waals surface area contributed by atoms with Gasteiger partial charge in [0.1, 0.15) is 11.2 Å². The minimum absolute atomic E-state index is 0.241. The number of aromatic nitrogens is 1. The summed E-state index contributed by atoms with van der Waals surface area (Å²) in [5.74, 6) is -1.19. The Kier molecular flexibility index (Phi) is 4.30. The quantitative estimate of drug-likeness (QED) is 0.878. The molecule has 118 valence electrons. The van der Waals surface area contributed by atoms with Gasteiger partial charge in [-0.15, -0.1) is 0 Å². The van der Waals surface area contributed by atoms with Crippen molar-refractivity contribution in [2.75, 3.05) is 6.54 Å². The van der Waals surface area contributed by atoms with E-state index >= 15 is 0 Å². The van der Waals surface area contributed by atoms with Crippen molar-refractivity contribution in [2.24, 2.45) is 0 Å². The first-order chi connectivity index (χ1) is 11.1. The Morgan fingerprint density at radius 2 is 1.91 bits per heavy atom. The van der Waals surface area contributed by atoms with E-state index in [1.54, 1.807) is 24.4 Å². The number of aliphatic carboxylic acids is 1. The van der Waals surface area contributed by atoms with Gasteiger partial charge in [0.2, 0.25) is 0 Å². The van der Waals surface area contributed by atoms with Crippen molar-refractivity contribution >= 4 is 23.5 Å². The largest absolute Gasteiger partial charge is 0.480 e. The van der Waals surface area contributed by atoms with Gasteiger partial charge in [0, 0.05) is 18.3 Å². The first-order valence-corrected chi connectivity index (χ1v) is 7.70. The van der Waals surface area contributed by atoms with E-state index in [1.165, 1.54) is 4.90 Å². The van der Waals surface area contributed by atoms with Crippen molar-refractivity contribution in [2.45, 2.75) is 18.9 Å². The Bertz CT molecular complexity index is 746. The van der Waals surface area contributed by atoms with Gasteiger partial charge in [-0.25, -0.2) is 9.78 Å². The number of amides is 1. The molecule has 1 saturated heterocycles. The molecule has 1 aliphatic heterocycles. The molecule has 5 nitrogen and oxygen atoms in total. The zero-order valence-electron chi connectivity index (χ0n) is 12.3. The van der Waals surface area contributed by atoms with Gasteiger partial charge in [-0.3, -0.25) is 4.79 Å². The van der Waals surface area contributed by atoms with Gasteiger partial charge < -0.3 is 10.0 Å². The second kappa shape index (κ2) is 6.38. The van der Waals surface area contributed by atoms with E-state index in [0.29, 0.717) is 23.7 Å². The van der Waals surface area contributed by atoms with Crippen LogP contribution in [0.4, 0.5) is 0 Å². The highest BCUT2D eigenvalue weighted by atomic mass is 35.5. The van der Waals surface area contributed by atoms with Crippen LogP contribution in [0.2, 0.25) is 5.15 Å². The standard InChI is InChI=1S/C17H15ClN2O3/c18-15-10-13(7-8-19-15)11-3-5-12(6-4-11)16(21)20-9-1-2-14(20)17(22)23/h3-8,10,14H,1-2,9H2,(H,22,23). The molecule has 1 aliphatic rings. The van der Waals surface area contributed by atoms with Crippen molar-refractivity contribution < 1.29 is 14.7 Å². The summed E-state index contributed by atoms with van der Waals surface area (Å²) in [4.78, 5) is 29.1. The van der Waals surface area contributed by atoms with Crippen LogP contribution in [0, 0.1) is 0 Å².